The maximum Gasteiger partial charge on any atom is 0.275 e. The van der Waals surface area contributed by atoms with Crippen LogP contribution in [0.15, 0.2) is 69.9 Å². The predicted octanol–water partition coefficient (Wildman–Crippen LogP) is 3.15. The third kappa shape index (κ3) is 4.20. The van der Waals surface area contributed by atoms with Gasteiger partial charge >= 0.3 is 0 Å². The molecule has 0 spiro atoms. The van der Waals surface area contributed by atoms with Crippen molar-refractivity contribution in [1.82, 2.24) is 19.2 Å². The molecule has 0 radical (unpaired) electrons. The summed E-state index contributed by atoms with van der Waals surface area (Å²) < 4.78 is 8.22. The number of imidazole rings is 1. The normalized spacial score (nSPS) is 16.0. The van der Waals surface area contributed by atoms with E-state index in [1.807, 2.05) is 60.7 Å². The van der Waals surface area contributed by atoms with Gasteiger partial charge in [-0.05, 0) is 31.3 Å². The lowest BCUT2D eigenvalue weighted by atomic mass is 10.1. The minimum atomic E-state index is -0.0973. The van der Waals surface area contributed by atoms with Crippen molar-refractivity contribution >= 4 is 39.2 Å². The van der Waals surface area contributed by atoms with Gasteiger partial charge in [0.2, 0.25) is 0 Å². The van der Waals surface area contributed by atoms with Crippen LogP contribution < -0.4 is 10.1 Å². The highest BCUT2D eigenvalue weighted by molar-refractivity contribution is 7.15. The van der Waals surface area contributed by atoms with Gasteiger partial charge in [-0.25, -0.2) is 9.38 Å². The van der Waals surface area contributed by atoms with Gasteiger partial charge in [-0.15, -0.1) is 0 Å². The number of carbonyl (C=O) groups is 1. The number of hydrogen-bond donors (Lipinski definition) is 0. The van der Waals surface area contributed by atoms with E-state index in [0.717, 1.165) is 42.8 Å². The molecule has 0 saturated carbocycles. The van der Waals surface area contributed by atoms with Crippen molar-refractivity contribution in [3.63, 3.8) is 0 Å². The third-order valence-corrected chi connectivity index (χ3v) is 7.47. The molecule has 0 unspecified atom stereocenters. The van der Waals surface area contributed by atoms with Gasteiger partial charge in [-0.3, -0.25) is 14.5 Å². The predicted molar refractivity (Wildman–Crippen MR) is 138 cm³/mol. The van der Waals surface area contributed by atoms with E-state index in [1.165, 1.54) is 11.3 Å². The van der Waals surface area contributed by atoms with Crippen molar-refractivity contribution in [2.45, 2.75) is 0 Å². The number of ketones is 1. The maximum absolute atomic E-state index is 13.0. The first-order valence-electron chi connectivity index (χ1n) is 11.6. The second kappa shape index (κ2) is 8.88. The molecule has 0 aliphatic carbocycles. The molecule has 1 saturated heterocycles. The third-order valence-electron chi connectivity index (χ3n) is 6.50. The number of benzene rings is 2. The van der Waals surface area contributed by atoms with Crippen LogP contribution in [-0.2, 0) is 0 Å². The van der Waals surface area contributed by atoms with Gasteiger partial charge in [0, 0.05) is 43.4 Å². The molecule has 2 aromatic carbocycles. The molecule has 0 N–H and O–H groups in total. The molecule has 1 aliphatic rings. The van der Waals surface area contributed by atoms with Crippen molar-refractivity contribution in [2.75, 3.05) is 39.8 Å². The van der Waals surface area contributed by atoms with Gasteiger partial charge in [0.1, 0.15) is 16.1 Å². The first-order valence-corrected chi connectivity index (χ1v) is 12.4. The summed E-state index contributed by atoms with van der Waals surface area (Å²) in [7, 11) is 2.11. The molecule has 3 aromatic heterocycles. The summed E-state index contributed by atoms with van der Waals surface area (Å²) in [6.07, 6.45) is 1.76. The van der Waals surface area contributed by atoms with E-state index in [1.54, 1.807) is 10.5 Å². The van der Waals surface area contributed by atoms with Crippen molar-refractivity contribution in [3.05, 3.63) is 86.9 Å². The average Bonchev–Trinajstić information content (AvgIpc) is 3.56. The number of fused-ring (bicyclic) bond motifs is 3. The number of carbonyl (C=O) groups excluding carboxylic acids is 1. The highest BCUT2D eigenvalue weighted by Crippen LogP contribution is 2.23. The first-order chi connectivity index (χ1) is 17.0. The molecule has 176 valence electrons. The van der Waals surface area contributed by atoms with Gasteiger partial charge in [-0.2, -0.15) is 0 Å². The first kappa shape index (κ1) is 21.9. The van der Waals surface area contributed by atoms with Crippen LogP contribution in [0.4, 0.5) is 0 Å². The quantitative estimate of drug-likeness (QED) is 0.357. The lowest BCUT2D eigenvalue weighted by Crippen LogP contribution is -2.46. The standard InChI is InChI=1S/C27H24N4O3S/c1-29-12-14-30(15-13-29)17-23(32)18-6-8-19(9-7-18)24-11-10-20(34-24)16-25-26(33)31-22-5-3-2-4-21(22)28-27(31)35-25/h2-11,16H,12-15,17H2,1H3/b25-16+. The van der Waals surface area contributed by atoms with Crippen LogP contribution in [0.2, 0.25) is 0 Å². The Morgan fingerprint density at radius 2 is 1.80 bits per heavy atom. The zero-order chi connectivity index (χ0) is 23.9. The van der Waals surface area contributed by atoms with Crippen LogP contribution in [0.5, 0.6) is 0 Å². The molecule has 5 aromatic rings. The van der Waals surface area contributed by atoms with Gasteiger partial charge in [0.05, 0.1) is 17.6 Å². The molecule has 0 atom stereocenters. The molecule has 0 amide bonds. The van der Waals surface area contributed by atoms with Crippen LogP contribution in [0.1, 0.15) is 16.1 Å². The number of para-hydroxylation sites is 2. The molecule has 1 fully saturated rings. The van der Waals surface area contributed by atoms with Crippen LogP contribution in [0.25, 0.3) is 33.4 Å². The summed E-state index contributed by atoms with van der Waals surface area (Å²) in [5.41, 5.74) is 3.12. The Morgan fingerprint density at radius 1 is 1.03 bits per heavy atom. The molecular weight excluding hydrogens is 460 g/mol. The van der Waals surface area contributed by atoms with Crippen LogP contribution in [0.3, 0.4) is 0 Å². The average molecular weight is 485 g/mol. The second-order valence-corrected chi connectivity index (χ2v) is 9.93. The number of rotatable bonds is 5. The number of hydrogen-bond acceptors (Lipinski definition) is 7. The molecule has 8 heteroatoms. The Morgan fingerprint density at radius 3 is 2.60 bits per heavy atom. The van der Waals surface area contributed by atoms with Gasteiger partial charge in [-0.1, -0.05) is 47.7 Å². The topological polar surface area (TPSA) is 71.1 Å². The van der Waals surface area contributed by atoms with E-state index < -0.39 is 0 Å². The van der Waals surface area contributed by atoms with Gasteiger partial charge in [0.25, 0.3) is 5.56 Å². The van der Waals surface area contributed by atoms with Crippen molar-refractivity contribution in [1.29, 1.82) is 0 Å². The molecule has 6 rings (SSSR count). The Labute approximate surface area is 205 Å². The molecule has 7 nitrogen and oxygen atoms in total. The SMILES string of the molecule is CN1CCN(CC(=O)c2ccc(-c3ccc(/C=c4/sc5nc6ccccc6n5c4=O)o3)cc2)CC1. The second-order valence-electron chi connectivity index (χ2n) is 8.92. The van der Waals surface area contributed by atoms with E-state index in [0.29, 0.717) is 33.1 Å². The fraction of sp³-hybridized carbons (Fsp3) is 0.222. The van der Waals surface area contributed by atoms with Crippen molar-refractivity contribution in [3.8, 4) is 11.3 Å². The van der Waals surface area contributed by atoms with Crippen molar-refractivity contribution < 1.29 is 9.21 Å². The monoisotopic (exact) mass is 484 g/mol. The number of piperazine rings is 1. The Bertz CT molecular complexity index is 1640. The summed E-state index contributed by atoms with van der Waals surface area (Å²) in [6.45, 7) is 4.27. The van der Waals surface area contributed by atoms with E-state index in [4.69, 9.17) is 4.42 Å². The zero-order valence-electron chi connectivity index (χ0n) is 19.3. The van der Waals surface area contributed by atoms with Crippen LogP contribution in [0, 0.1) is 0 Å². The fourth-order valence-corrected chi connectivity index (χ4v) is 5.41. The van der Waals surface area contributed by atoms with E-state index >= 15 is 0 Å². The molecule has 0 bridgehead atoms. The maximum atomic E-state index is 13.0. The summed E-state index contributed by atoms with van der Waals surface area (Å²) >= 11 is 1.35. The largest absolute Gasteiger partial charge is 0.457 e. The Hall–Kier alpha value is -3.59. The summed E-state index contributed by atoms with van der Waals surface area (Å²) in [5, 5.41) is 0. The van der Waals surface area contributed by atoms with E-state index in [2.05, 4.69) is 21.8 Å². The number of furan rings is 1. The Balaban J connectivity index is 1.21. The summed E-state index contributed by atoms with van der Waals surface area (Å²) in [5.74, 6) is 1.42. The molecule has 1 aliphatic heterocycles. The Kier molecular flexibility index (Phi) is 5.56. The highest BCUT2D eigenvalue weighted by atomic mass is 32.1. The lowest BCUT2D eigenvalue weighted by Gasteiger charge is -2.31. The summed E-state index contributed by atoms with van der Waals surface area (Å²) in [4.78, 5) is 35.4. The minimum absolute atomic E-state index is 0.0973. The number of thiazole rings is 1. The van der Waals surface area contributed by atoms with Crippen LogP contribution >= 0.6 is 11.3 Å². The van der Waals surface area contributed by atoms with Gasteiger partial charge < -0.3 is 9.32 Å². The highest BCUT2D eigenvalue weighted by Gasteiger charge is 2.18. The minimum Gasteiger partial charge on any atom is -0.457 e. The summed E-state index contributed by atoms with van der Waals surface area (Å²) in [6, 6.07) is 18.9. The van der Waals surface area contributed by atoms with Gasteiger partial charge in [0.15, 0.2) is 10.7 Å². The molecule has 4 heterocycles. The lowest BCUT2D eigenvalue weighted by molar-refractivity contribution is 0.0876. The number of nitrogens with zero attached hydrogens (tertiary/aromatic N) is 4. The number of aromatic nitrogens is 2. The number of likely N-dealkylation sites (N-methyl/N-ethyl adjacent to an activating group) is 1. The molecular formula is C27H24N4O3S. The van der Waals surface area contributed by atoms with E-state index in [9.17, 15) is 9.59 Å². The smallest absolute Gasteiger partial charge is 0.275 e. The fourth-order valence-electron chi connectivity index (χ4n) is 4.45. The number of Topliss-reactive ketones (excluding diaryl/α,β-unsaturated/α-hetero) is 1. The van der Waals surface area contributed by atoms with E-state index in [-0.39, 0.29) is 11.3 Å². The van der Waals surface area contributed by atoms with Crippen molar-refractivity contribution in [2.24, 2.45) is 0 Å². The zero-order valence-corrected chi connectivity index (χ0v) is 20.1. The van der Waals surface area contributed by atoms with Crippen LogP contribution in [-0.4, -0.2) is 64.7 Å². The molecule has 35 heavy (non-hydrogen) atoms.